The van der Waals surface area contributed by atoms with Crippen LogP contribution < -0.4 is 17.1 Å². The van der Waals surface area contributed by atoms with E-state index in [4.69, 9.17) is 16.3 Å². The lowest BCUT2D eigenvalue weighted by molar-refractivity contribution is 0.0844. The number of nitrogens with one attached hydrogen (secondary N) is 2. The average molecular weight is 484 g/mol. The average Bonchev–Trinajstić information content (AvgIpc) is 3.50. The summed E-state index contributed by atoms with van der Waals surface area (Å²) in [6, 6.07) is 19.0. The molecule has 0 amide bonds. The Morgan fingerprint density at radius 2 is 1.83 bits per heavy atom. The van der Waals surface area contributed by atoms with Crippen LogP contribution >= 0.6 is 0 Å². The quantitative estimate of drug-likeness (QED) is 0.129. The van der Waals surface area contributed by atoms with E-state index >= 15 is 0 Å². The fourth-order valence-electron chi connectivity index (χ4n) is 5.22. The number of hydrogen-bond donors (Lipinski definition) is 4. The zero-order valence-electron chi connectivity index (χ0n) is 19.5. The van der Waals surface area contributed by atoms with E-state index in [1.807, 2.05) is 30.5 Å². The van der Waals surface area contributed by atoms with E-state index in [-0.39, 0.29) is 11.7 Å². The highest BCUT2D eigenvalue weighted by molar-refractivity contribution is 6.06. The summed E-state index contributed by atoms with van der Waals surface area (Å²) in [5.41, 5.74) is 15.3. The van der Waals surface area contributed by atoms with Gasteiger partial charge in [0.2, 0.25) is 0 Å². The van der Waals surface area contributed by atoms with Gasteiger partial charge >= 0.3 is 0 Å². The number of benzene rings is 3. The van der Waals surface area contributed by atoms with E-state index < -0.39 is 0 Å². The largest absolute Gasteiger partial charge is 0.382 e. The molecule has 0 atom stereocenters. The van der Waals surface area contributed by atoms with E-state index in [0.29, 0.717) is 19.0 Å². The predicted molar refractivity (Wildman–Crippen MR) is 139 cm³/mol. The molecule has 0 bridgehead atoms. The Morgan fingerprint density at radius 1 is 1.08 bits per heavy atom. The van der Waals surface area contributed by atoms with Crippen molar-refractivity contribution < 1.29 is 9.13 Å². The van der Waals surface area contributed by atoms with E-state index in [0.717, 1.165) is 57.0 Å². The van der Waals surface area contributed by atoms with Crippen LogP contribution in [0.4, 0.5) is 4.39 Å². The van der Waals surface area contributed by atoms with Gasteiger partial charge in [-0.2, -0.15) is 5.10 Å². The van der Waals surface area contributed by atoms with Gasteiger partial charge in [0.15, 0.2) is 5.84 Å². The van der Waals surface area contributed by atoms with Crippen molar-refractivity contribution in [2.75, 3.05) is 13.2 Å². The number of hydrazone groups is 1. The third kappa shape index (κ3) is 3.78. The molecule has 0 unspecified atom stereocenters. The Kier molecular flexibility index (Phi) is 5.63. The Bertz CT molecular complexity index is 1560. The van der Waals surface area contributed by atoms with Crippen LogP contribution in [0.1, 0.15) is 30.0 Å². The van der Waals surface area contributed by atoms with Crippen molar-refractivity contribution >= 4 is 27.6 Å². The summed E-state index contributed by atoms with van der Waals surface area (Å²) in [6.45, 7) is 1.41. The Balaban J connectivity index is 1.66. The lowest BCUT2D eigenvalue weighted by Crippen LogP contribution is -2.22. The maximum absolute atomic E-state index is 13.9. The highest BCUT2D eigenvalue weighted by Gasteiger charge is 2.28. The summed E-state index contributed by atoms with van der Waals surface area (Å²) in [6.07, 6.45) is 3.64. The summed E-state index contributed by atoms with van der Waals surface area (Å²) in [4.78, 5) is 0. The third-order valence-electron chi connectivity index (χ3n) is 6.91. The summed E-state index contributed by atoms with van der Waals surface area (Å²) < 4.78 is 21.9. The van der Waals surface area contributed by atoms with Gasteiger partial charge in [0.25, 0.3) is 0 Å². The van der Waals surface area contributed by atoms with Crippen LogP contribution in [0.2, 0.25) is 0 Å². The first-order chi connectivity index (χ1) is 17.6. The van der Waals surface area contributed by atoms with Crippen molar-refractivity contribution in [2.45, 2.75) is 18.8 Å². The molecule has 6 N–H and O–H groups in total. The van der Waals surface area contributed by atoms with Crippen LogP contribution in [0.3, 0.4) is 0 Å². The van der Waals surface area contributed by atoms with Crippen LogP contribution in [0, 0.1) is 5.82 Å². The number of ether oxygens (including phenoxy) is 1. The highest BCUT2D eigenvalue weighted by atomic mass is 19.1. The summed E-state index contributed by atoms with van der Waals surface area (Å²) in [5.74, 6) is 5.61. The van der Waals surface area contributed by atoms with E-state index in [1.54, 1.807) is 0 Å². The lowest BCUT2D eigenvalue weighted by Gasteiger charge is -2.26. The number of hydrazine groups is 1. The van der Waals surface area contributed by atoms with Crippen LogP contribution in [-0.4, -0.2) is 33.8 Å². The number of nitrogens with zero attached hydrogens (tertiary/aromatic N) is 3. The number of aromatic amines is 1. The Labute approximate surface area is 206 Å². The second-order valence-electron chi connectivity index (χ2n) is 8.99. The van der Waals surface area contributed by atoms with Gasteiger partial charge in [-0.15, -0.1) is 5.10 Å². The summed E-state index contributed by atoms with van der Waals surface area (Å²) in [5, 5.41) is 13.3. The zero-order valence-corrected chi connectivity index (χ0v) is 19.5. The first kappa shape index (κ1) is 22.3. The number of rotatable bonds is 5. The van der Waals surface area contributed by atoms with Gasteiger partial charge in [0.05, 0.1) is 17.2 Å². The maximum Gasteiger partial charge on any atom is 0.152 e. The first-order valence-corrected chi connectivity index (χ1v) is 11.9. The molecule has 0 radical (unpaired) electrons. The second-order valence-corrected chi connectivity index (χ2v) is 8.99. The molecule has 5 aromatic rings. The second kappa shape index (κ2) is 9.10. The van der Waals surface area contributed by atoms with Crippen molar-refractivity contribution in [3.8, 4) is 16.8 Å². The van der Waals surface area contributed by atoms with Gasteiger partial charge < -0.3 is 15.0 Å². The number of hydrogen-bond acceptors (Lipinski definition) is 5. The summed E-state index contributed by atoms with van der Waals surface area (Å²) in [7, 11) is 0. The molecule has 0 saturated carbocycles. The van der Waals surface area contributed by atoms with Gasteiger partial charge in [-0.3, -0.25) is 5.10 Å². The van der Waals surface area contributed by atoms with Crippen LogP contribution in [0.5, 0.6) is 0 Å². The molecule has 3 aromatic carbocycles. The van der Waals surface area contributed by atoms with E-state index in [2.05, 4.69) is 49.7 Å². The number of H-pyrrole nitrogens is 1. The van der Waals surface area contributed by atoms with E-state index in [9.17, 15) is 4.39 Å². The van der Waals surface area contributed by atoms with Gasteiger partial charge in [-0.05, 0) is 54.8 Å². The number of nitrogens with two attached hydrogens (primary N) is 2. The number of aromatic nitrogens is 3. The predicted octanol–water partition coefficient (Wildman–Crippen LogP) is 4.29. The minimum Gasteiger partial charge on any atom is -0.382 e. The zero-order chi connectivity index (χ0) is 24.6. The first-order valence-electron chi connectivity index (χ1n) is 11.9. The Hall–Kier alpha value is -4.21. The molecule has 3 heterocycles. The van der Waals surface area contributed by atoms with E-state index in [1.165, 1.54) is 17.8 Å². The van der Waals surface area contributed by atoms with Gasteiger partial charge in [0.1, 0.15) is 5.82 Å². The molecule has 0 aliphatic carbocycles. The molecule has 1 aliphatic heterocycles. The molecule has 2 aromatic heterocycles. The van der Waals surface area contributed by atoms with Crippen molar-refractivity contribution in [3.05, 3.63) is 83.9 Å². The van der Waals surface area contributed by atoms with Crippen LogP contribution in [0.15, 0.2) is 72.0 Å². The molecule has 1 fully saturated rings. The number of fused-ring (bicyclic) bond motifs is 2. The number of amidine groups is 1. The summed E-state index contributed by atoms with van der Waals surface area (Å²) >= 11 is 0. The molecule has 9 heteroatoms. The van der Waals surface area contributed by atoms with Crippen LogP contribution in [0.25, 0.3) is 38.6 Å². The van der Waals surface area contributed by atoms with Gasteiger partial charge in [0, 0.05) is 52.4 Å². The highest BCUT2D eigenvalue weighted by Crippen LogP contribution is 2.44. The molecule has 36 heavy (non-hydrogen) atoms. The molecular weight excluding hydrogens is 457 g/mol. The minimum atomic E-state index is -0.262. The van der Waals surface area contributed by atoms with Crippen molar-refractivity contribution in [1.82, 2.24) is 20.3 Å². The van der Waals surface area contributed by atoms with Crippen molar-refractivity contribution in [3.63, 3.8) is 0 Å². The molecular formula is C27H26FN7O. The third-order valence-corrected chi connectivity index (χ3v) is 6.91. The molecule has 1 saturated heterocycles. The van der Waals surface area contributed by atoms with Gasteiger partial charge in [-0.1, -0.05) is 24.3 Å². The maximum atomic E-state index is 13.9. The normalized spacial score (nSPS) is 15.1. The molecule has 8 nitrogen and oxygen atoms in total. The fourth-order valence-corrected chi connectivity index (χ4v) is 5.22. The molecule has 0 spiro atoms. The standard InChI is InChI=1S/C27H26FN7O/c28-20-5-7-21(8-6-20)35-24-13-19-15-31-32-23(19)14-22(24)25(26(35)17-9-11-36-12-10-17)16-1-3-18(4-2-16)27(29)33-34-30/h1-8,13-15,17,34H,9-12,30H2,(H2,29,33)(H,31,32). The smallest absolute Gasteiger partial charge is 0.152 e. The van der Waals surface area contributed by atoms with Crippen LogP contribution in [-0.2, 0) is 4.74 Å². The fraction of sp³-hybridized carbons (Fsp3) is 0.185. The van der Waals surface area contributed by atoms with Gasteiger partial charge in [-0.25, -0.2) is 15.8 Å². The minimum absolute atomic E-state index is 0.262. The molecule has 1 aliphatic rings. The molecule has 182 valence electrons. The Morgan fingerprint density at radius 3 is 2.56 bits per heavy atom. The monoisotopic (exact) mass is 483 g/mol. The molecule has 6 rings (SSSR count). The number of halogens is 1. The topological polar surface area (TPSA) is 119 Å². The lowest BCUT2D eigenvalue weighted by atomic mass is 9.89. The SMILES string of the molecule is NN/N=C(\N)c1ccc(-c2c(C3CCOCC3)n(-c3ccc(F)cc3)c3cc4cn[nH]c4cc23)cc1. The van der Waals surface area contributed by atoms with Crippen molar-refractivity contribution in [1.29, 1.82) is 0 Å². The van der Waals surface area contributed by atoms with Crippen molar-refractivity contribution in [2.24, 2.45) is 16.7 Å².